The van der Waals surface area contributed by atoms with Crippen molar-refractivity contribution >= 4 is 27.6 Å². The summed E-state index contributed by atoms with van der Waals surface area (Å²) >= 11 is 3.10. The SMILES string of the molecule is Cc1cc(Br)c(F)cc1NCCCC(=O)O. The molecule has 1 aromatic carbocycles. The summed E-state index contributed by atoms with van der Waals surface area (Å²) in [4.78, 5) is 10.3. The van der Waals surface area contributed by atoms with Crippen LogP contribution in [0.4, 0.5) is 10.1 Å². The molecule has 0 atom stereocenters. The molecule has 0 bridgehead atoms. The van der Waals surface area contributed by atoms with Gasteiger partial charge in [0.2, 0.25) is 0 Å². The normalized spacial score (nSPS) is 10.2. The van der Waals surface area contributed by atoms with Gasteiger partial charge in [-0.15, -0.1) is 0 Å². The summed E-state index contributed by atoms with van der Waals surface area (Å²) in [6.45, 7) is 2.39. The second-order valence-electron chi connectivity index (χ2n) is 3.51. The molecular weight excluding hydrogens is 277 g/mol. The number of carboxylic acid groups (broad SMARTS) is 1. The lowest BCUT2D eigenvalue weighted by molar-refractivity contribution is -0.137. The van der Waals surface area contributed by atoms with E-state index in [1.54, 1.807) is 6.07 Å². The summed E-state index contributed by atoms with van der Waals surface area (Å²) in [7, 11) is 0. The van der Waals surface area contributed by atoms with Gasteiger partial charge in [0, 0.05) is 18.7 Å². The molecule has 0 aliphatic rings. The van der Waals surface area contributed by atoms with Crippen LogP contribution in [-0.4, -0.2) is 17.6 Å². The molecule has 0 fully saturated rings. The first kappa shape index (κ1) is 13.0. The van der Waals surface area contributed by atoms with Crippen LogP contribution in [0.3, 0.4) is 0 Å². The van der Waals surface area contributed by atoms with E-state index in [0.717, 1.165) is 5.56 Å². The fourth-order valence-corrected chi connectivity index (χ4v) is 1.76. The molecule has 1 aromatic rings. The van der Waals surface area contributed by atoms with Gasteiger partial charge in [-0.2, -0.15) is 0 Å². The molecule has 0 aromatic heterocycles. The van der Waals surface area contributed by atoms with Crippen molar-refractivity contribution in [2.24, 2.45) is 0 Å². The Morgan fingerprint density at radius 3 is 2.88 bits per heavy atom. The van der Waals surface area contributed by atoms with E-state index in [2.05, 4.69) is 21.2 Å². The van der Waals surface area contributed by atoms with Crippen LogP contribution in [0.1, 0.15) is 18.4 Å². The van der Waals surface area contributed by atoms with E-state index in [4.69, 9.17) is 5.11 Å². The van der Waals surface area contributed by atoms with Crippen molar-refractivity contribution < 1.29 is 14.3 Å². The Hall–Kier alpha value is -1.10. The second-order valence-corrected chi connectivity index (χ2v) is 4.36. The first-order valence-corrected chi connectivity index (χ1v) is 5.71. The van der Waals surface area contributed by atoms with Crippen LogP contribution < -0.4 is 5.32 Å². The van der Waals surface area contributed by atoms with Gasteiger partial charge in [-0.1, -0.05) is 0 Å². The van der Waals surface area contributed by atoms with Crippen molar-refractivity contribution in [3.05, 3.63) is 28.0 Å². The van der Waals surface area contributed by atoms with Gasteiger partial charge < -0.3 is 10.4 Å². The van der Waals surface area contributed by atoms with Crippen molar-refractivity contribution in [1.82, 2.24) is 0 Å². The van der Waals surface area contributed by atoms with Crippen LogP contribution in [0.25, 0.3) is 0 Å². The third-order valence-electron chi connectivity index (χ3n) is 2.15. The lowest BCUT2D eigenvalue weighted by atomic mass is 10.2. The molecule has 16 heavy (non-hydrogen) atoms. The smallest absolute Gasteiger partial charge is 0.303 e. The molecule has 1 rings (SSSR count). The zero-order chi connectivity index (χ0) is 12.1. The topological polar surface area (TPSA) is 49.3 Å². The fraction of sp³-hybridized carbons (Fsp3) is 0.364. The summed E-state index contributed by atoms with van der Waals surface area (Å²) in [5, 5.41) is 11.5. The van der Waals surface area contributed by atoms with E-state index in [1.165, 1.54) is 6.07 Å². The molecule has 0 aliphatic heterocycles. The number of benzene rings is 1. The number of carboxylic acids is 1. The average Bonchev–Trinajstić information content (AvgIpc) is 2.19. The van der Waals surface area contributed by atoms with E-state index in [1.807, 2.05) is 6.92 Å². The Balaban J connectivity index is 2.54. The van der Waals surface area contributed by atoms with Gasteiger partial charge >= 0.3 is 5.97 Å². The lowest BCUT2D eigenvalue weighted by Gasteiger charge is -2.09. The van der Waals surface area contributed by atoms with Crippen molar-refractivity contribution in [2.45, 2.75) is 19.8 Å². The minimum Gasteiger partial charge on any atom is -0.481 e. The predicted molar refractivity (Wildman–Crippen MR) is 64.2 cm³/mol. The summed E-state index contributed by atoms with van der Waals surface area (Å²) in [5.74, 6) is -1.15. The van der Waals surface area contributed by atoms with E-state index in [-0.39, 0.29) is 12.2 Å². The predicted octanol–water partition coefficient (Wildman–Crippen LogP) is 3.17. The Morgan fingerprint density at radius 1 is 1.56 bits per heavy atom. The number of aliphatic carboxylic acids is 1. The highest BCUT2D eigenvalue weighted by molar-refractivity contribution is 9.10. The maximum atomic E-state index is 13.2. The standard InChI is InChI=1S/C11H13BrFNO2/c1-7-5-8(12)9(13)6-10(7)14-4-2-3-11(15)16/h5-6,14H,2-4H2,1H3,(H,15,16). The molecule has 3 nitrogen and oxygen atoms in total. The van der Waals surface area contributed by atoms with Crippen LogP contribution in [0.2, 0.25) is 0 Å². The molecule has 2 N–H and O–H groups in total. The minimum absolute atomic E-state index is 0.116. The van der Waals surface area contributed by atoms with Crippen LogP contribution in [0.15, 0.2) is 16.6 Å². The molecule has 0 saturated heterocycles. The zero-order valence-corrected chi connectivity index (χ0v) is 10.5. The van der Waals surface area contributed by atoms with Gasteiger partial charge in [0.25, 0.3) is 0 Å². The molecule has 0 saturated carbocycles. The van der Waals surface area contributed by atoms with Crippen molar-refractivity contribution in [2.75, 3.05) is 11.9 Å². The molecule has 0 unspecified atom stereocenters. The first-order chi connectivity index (χ1) is 7.50. The van der Waals surface area contributed by atoms with Gasteiger partial charge in [-0.25, -0.2) is 4.39 Å². The minimum atomic E-state index is -0.819. The van der Waals surface area contributed by atoms with Gasteiger partial charge in [0.05, 0.1) is 4.47 Å². The van der Waals surface area contributed by atoms with E-state index in [9.17, 15) is 9.18 Å². The summed E-state index contributed by atoms with van der Waals surface area (Å²) < 4.78 is 13.6. The van der Waals surface area contributed by atoms with Crippen molar-refractivity contribution in [3.8, 4) is 0 Å². The summed E-state index contributed by atoms with van der Waals surface area (Å²) in [6, 6.07) is 3.09. The maximum absolute atomic E-state index is 13.2. The molecule has 0 spiro atoms. The Kier molecular flexibility index (Phi) is 4.73. The van der Waals surface area contributed by atoms with Crippen LogP contribution in [0, 0.1) is 12.7 Å². The number of hydrogen-bond donors (Lipinski definition) is 2. The van der Waals surface area contributed by atoms with E-state index < -0.39 is 5.97 Å². The number of nitrogens with one attached hydrogen (secondary N) is 1. The molecule has 5 heteroatoms. The van der Waals surface area contributed by atoms with E-state index >= 15 is 0 Å². The van der Waals surface area contributed by atoms with Crippen molar-refractivity contribution in [3.63, 3.8) is 0 Å². The second kappa shape index (κ2) is 5.84. The molecule has 0 radical (unpaired) electrons. The summed E-state index contributed by atoms with van der Waals surface area (Å²) in [5.41, 5.74) is 1.62. The van der Waals surface area contributed by atoms with Crippen LogP contribution >= 0.6 is 15.9 Å². The zero-order valence-electron chi connectivity index (χ0n) is 8.89. The molecular formula is C11H13BrFNO2. The van der Waals surface area contributed by atoms with Crippen molar-refractivity contribution in [1.29, 1.82) is 0 Å². The number of rotatable bonds is 5. The monoisotopic (exact) mass is 289 g/mol. The van der Waals surface area contributed by atoms with Crippen LogP contribution in [0.5, 0.6) is 0 Å². The molecule has 0 aliphatic carbocycles. The van der Waals surface area contributed by atoms with Gasteiger partial charge in [-0.3, -0.25) is 4.79 Å². The third kappa shape index (κ3) is 3.81. The first-order valence-electron chi connectivity index (χ1n) is 4.92. The molecule has 88 valence electrons. The van der Waals surface area contributed by atoms with E-state index in [0.29, 0.717) is 23.1 Å². The average molecular weight is 290 g/mol. The maximum Gasteiger partial charge on any atom is 0.303 e. The molecule has 0 amide bonds. The summed E-state index contributed by atoms with van der Waals surface area (Å²) in [6.07, 6.45) is 0.636. The Bertz CT molecular complexity index is 396. The Labute approximate surface area is 102 Å². The van der Waals surface area contributed by atoms with Gasteiger partial charge in [0.1, 0.15) is 5.82 Å². The number of anilines is 1. The largest absolute Gasteiger partial charge is 0.481 e. The lowest BCUT2D eigenvalue weighted by Crippen LogP contribution is -2.06. The number of halogens is 2. The highest BCUT2D eigenvalue weighted by atomic mass is 79.9. The number of carbonyl (C=O) groups is 1. The van der Waals surface area contributed by atoms with Gasteiger partial charge in [-0.05, 0) is 47.0 Å². The van der Waals surface area contributed by atoms with Crippen LogP contribution in [-0.2, 0) is 4.79 Å². The number of hydrogen-bond acceptors (Lipinski definition) is 2. The third-order valence-corrected chi connectivity index (χ3v) is 2.76. The van der Waals surface area contributed by atoms with Gasteiger partial charge in [0.15, 0.2) is 0 Å². The quantitative estimate of drug-likeness (QED) is 0.819. The number of aryl methyl sites for hydroxylation is 1. The molecule has 0 heterocycles. The highest BCUT2D eigenvalue weighted by Gasteiger charge is 2.05. The fourth-order valence-electron chi connectivity index (χ4n) is 1.30. The Morgan fingerprint density at radius 2 is 2.25 bits per heavy atom. The highest BCUT2D eigenvalue weighted by Crippen LogP contribution is 2.23.